The molecule has 1 aromatic carbocycles. The van der Waals surface area contributed by atoms with Gasteiger partial charge in [-0.1, -0.05) is 19.3 Å². The molecule has 1 aliphatic carbocycles. The van der Waals surface area contributed by atoms with Crippen LogP contribution in [-0.4, -0.2) is 54.7 Å². The van der Waals surface area contributed by atoms with Gasteiger partial charge < -0.3 is 24.9 Å². The van der Waals surface area contributed by atoms with Crippen LogP contribution in [0.25, 0.3) is 0 Å². The highest BCUT2D eigenvalue weighted by Crippen LogP contribution is 2.34. The average molecular weight is 525 g/mol. The molecule has 1 aromatic heterocycles. The summed E-state index contributed by atoms with van der Waals surface area (Å²) in [6.45, 7) is 0.988. The summed E-state index contributed by atoms with van der Waals surface area (Å²) >= 11 is 0. The van der Waals surface area contributed by atoms with Gasteiger partial charge in [-0.15, -0.1) is 0 Å². The number of carbonyl (C=O) groups is 4. The molecule has 3 fully saturated rings. The summed E-state index contributed by atoms with van der Waals surface area (Å²) in [6.07, 6.45) is 7.37. The normalized spacial score (nSPS) is 21.8. The Kier molecular flexibility index (Phi) is 7.49. The molecule has 3 aliphatic rings. The second kappa shape index (κ2) is 11.0. The summed E-state index contributed by atoms with van der Waals surface area (Å²) in [4.78, 5) is 55.5. The number of furan rings is 1. The first kappa shape index (κ1) is 25.9. The van der Waals surface area contributed by atoms with Crippen molar-refractivity contribution in [1.82, 2.24) is 10.6 Å². The maximum Gasteiger partial charge on any atom is 0.287 e. The van der Waals surface area contributed by atoms with Crippen molar-refractivity contribution in [1.29, 1.82) is 0 Å². The molecule has 2 saturated heterocycles. The van der Waals surface area contributed by atoms with Gasteiger partial charge in [-0.2, -0.15) is 0 Å². The van der Waals surface area contributed by atoms with Crippen molar-refractivity contribution in [3.05, 3.63) is 48.2 Å². The highest BCUT2D eigenvalue weighted by Gasteiger charge is 2.43. The Labute approximate surface area is 220 Å². The fraction of sp³-hybridized carbons (Fsp3) is 0.500. The van der Waals surface area contributed by atoms with Gasteiger partial charge in [0.25, 0.3) is 5.91 Å². The van der Waals surface area contributed by atoms with Crippen LogP contribution in [0.3, 0.4) is 0 Å². The Hall–Kier alpha value is -3.69. The van der Waals surface area contributed by atoms with Crippen LogP contribution in [0.15, 0.2) is 41.0 Å². The van der Waals surface area contributed by atoms with Crippen LogP contribution in [-0.2, 0) is 14.4 Å². The highest BCUT2D eigenvalue weighted by atomic mass is 19.1. The molecule has 1 atom stereocenters. The molecule has 1 saturated carbocycles. The number of nitrogens with one attached hydrogen (secondary N) is 2. The second-order valence-electron chi connectivity index (χ2n) is 10.4. The summed E-state index contributed by atoms with van der Waals surface area (Å²) in [6, 6.07) is 6.76. The van der Waals surface area contributed by atoms with E-state index in [-0.39, 0.29) is 29.9 Å². The van der Waals surface area contributed by atoms with Gasteiger partial charge in [0, 0.05) is 19.5 Å². The lowest BCUT2D eigenvalue weighted by atomic mass is 9.80. The molecule has 9 nitrogen and oxygen atoms in total. The van der Waals surface area contributed by atoms with Crippen molar-refractivity contribution in [2.45, 2.75) is 69.4 Å². The van der Waals surface area contributed by atoms with Gasteiger partial charge in [-0.3, -0.25) is 19.2 Å². The monoisotopic (exact) mass is 524 g/mol. The molecule has 202 valence electrons. The van der Waals surface area contributed by atoms with E-state index in [1.54, 1.807) is 23.1 Å². The van der Waals surface area contributed by atoms with Crippen LogP contribution < -0.4 is 20.4 Å². The molecule has 3 amide bonds. The quantitative estimate of drug-likeness (QED) is 0.600. The minimum absolute atomic E-state index is 0.0252. The smallest absolute Gasteiger partial charge is 0.287 e. The topological polar surface area (TPSA) is 112 Å². The molecular formula is C28H33FN4O5. The van der Waals surface area contributed by atoms with Gasteiger partial charge in [0.1, 0.15) is 11.4 Å². The van der Waals surface area contributed by atoms with Crippen LogP contribution in [0, 0.1) is 5.82 Å². The number of anilines is 2. The number of Topliss-reactive ketones (excluding diaryl/α,β-unsaturated/α-hetero) is 1. The lowest BCUT2D eigenvalue weighted by molar-refractivity contribution is -0.133. The highest BCUT2D eigenvalue weighted by molar-refractivity contribution is 6.01. The number of rotatable bonds is 6. The molecule has 5 rings (SSSR count). The molecule has 3 heterocycles. The van der Waals surface area contributed by atoms with Gasteiger partial charge in [0.05, 0.1) is 30.2 Å². The molecular weight excluding hydrogens is 491 g/mol. The van der Waals surface area contributed by atoms with Crippen molar-refractivity contribution >= 4 is 34.9 Å². The maximum absolute atomic E-state index is 14.2. The van der Waals surface area contributed by atoms with E-state index in [0.717, 1.165) is 32.1 Å². The molecule has 38 heavy (non-hydrogen) atoms. The molecule has 0 spiro atoms. The largest absolute Gasteiger partial charge is 0.459 e. The van der Waals surface area contributed by atoms with E-state index < -0.39 is 23.3 Å². The van der Waals surface area contributed by atoms with Gasteiger partial charge in [-0.25, -0.2) is 4.39 Å². The Morgan fingerprint density at radius 3 is 2.53 bits per heavy atom. The minimum atomic E-state index is -1.10. The molecule has 10 heteroatoms. The van der Waals surface area contributed by atoms with E-state index in [1.165, 1.54) is 18.4 Å². The predicted molar refractivity (Wildman–Crippen MR) is 138 cm³/mol. The fourth-order valence-electron chi connectivity index (χ4n) is 5.77. The number of halogens is 1. The zero-order chi connectivity index (χ0) is 26.7. The predicted octanol–water partition coefficient (Wildman–Crippen LogP) is 3.33. The lowest BCUT2D eigenvalue weighted by Gasteiger charge is -2.39. The van der Waals surface area contributed by atoms with Crippen LogP contribution in [0.2, 0.25) is 0 Å². The minimum Gasteiger partial charge on any atom is -0.459 e. The third-order valence-electron chi connectivity index (χ3n) is 7.86. The second-order valence-corrected chi connectivity index (χ2v) is 10.4. The Morgan fingerprint density at radius 2 is 1.82 bits per heavy atom. The fourth-order valence-corrected chi connectivity index (χ4v) is 5.77. The lowest BCUT2D eigenvalue weighted by Crippen LogP contribution is -2.63. The maximum atomic E-state index is 14.2. The van der Waals surface area contributed by atoms with Crippen molar-refractivity contribution in [3.63, 3.8) is 0 Å². The third-order valence-corrected chi connectivity index (χ3v) is 7.86. The number of carbonyl (C=O) groups excluding carboxylic acids is 4. The number of amides is 3. The van der Waals surface area contributed by atoms with E-state index in [0.29, 0.717) is 50.1 Å². The molecule has 0 radical (unpaired) electrons. The van der Waals surface area contributed by atoms with Crippen molar-refractivity contribution in [2.24, 2.45) is 0 Å². The number of nitrogens with zero attached hydrogens (tertiary/aromatic N) is 2. The van der Waals surface area contributed by atoms with Crippen LogP contribution in [0.5, 0.6) is 0 Å². The van der Waals surface area contributed by atoms with Crippen molar-refractivity contribution < 1.29 is 28.0 Å². The van der Waals surface area contributed by atoms with E-state index in [1.807, 2.05) is 4.90 Å². The van der Waals surface area contributed by atoms with Gasteiger partial charge in [-0.05, 0) is 62.4 Å². The number of hydrogen-bond acceptors (Lipinski definition) is 6. The van der Waals surface area contributed by atoms with Gasteiger partial charge in [0.15, 0.2) is 11.5 Å². The average Bonchev–Trinajstić information content (AvgIpc) is 3.46. The van der Waals surface area contributed by atoms with Crippen LogP contribution in [0.1, 0.15) is 68.3 Å². The van der Waals surface area contributed by atoms with Gasteiger partial charge in [0.2, 0.25) is 11.8 Å². The number of piperidine rings is 2. The first-order valence-electron chi connectivity index (χ1n) is 13.4. The van der Waals surface area contributed by atoms with E-state index >= 15 is 0 Å². The van der Waals surface area contributed by atoms with Crippen molar-refractivity contribution in [2.75, 3.05) is 29.4 Å². The summed E-state index contributed by atoms with van der Waals surface area (Å²) in [7, 11) is 0. The zero-order valence-electron chi connectivity index (χ0n) is 21.3. The summed E-state index contributed by atoms with van der Waals surface area (Å²) in [5.41, 5.74) is 0.0131. The first-order chi connectivity index (χ1) is 18.4. The SMILES string of the molecule is O=C(NC1(C(=O)NC2CCN(c3ccc(F)cc3N3CCCCC3=O)CC2=O)CCCCC1)c1ccco1. The summed E-state index contributed by atoms with van der Waals surface area (Å²) in [5, 5.41) is 5.80. The van der Waals surface area contributed by atoms with Crippen molar-refractivity contribution in [3.8, 4) is 0 Å². The van der Waals surface area contributed by atoms with E-state index in [4.69, 9.17) is 4.42 Å². The summed E-state index contributed by atoms with van der Waals surface area (Å²) < 4.78 is 19.4. The standard InChI is InChI=1S/C28H33FN4O5/c29-19-9-10-21(22(17-19)33-14-5-2-8-25(33)35)32-15-11-20(23(34)18-32)30-27(37)28(12-3-1-4-13-28)31-26(36)24-7-6-16-38-24/h6-7,9-10,16-17,20H,1-5,8,11-15,18H2,(H,30,37)(H,31,36). The number of ketones is 1. The Balaban J connectivity index is 1.28. The zero-order valence-corrected chi connectivity index (χ0v) is 21.3. The third kappa shape index (κ3) is 5.30. The first-order valence-corrected chi connectivity index (χ1v) is 13.4. The number of hydrogen-bond donors (Lipinski definition) is 2. The molecule has 2 aliphatic heterocycles. The molecule has 2 N–H and O–H groups in total. The van der Waals surface area contributed by atoms with E-state index in [9.17, 15) is 23.6 Å². The number of benzene rings is 1. The van der Waals surface area contributed by atoms with Crippen LogP contribution >= 0.6 is 0 Å². The van der Waals surface area contributed by atoms with Gasteiger partial charge >= 0.3 is 0 Å². The Morgan fingerprint density at radius 1 is 1.00 bits per heavy atom. The Bertz CT molecular complexity index is 1210. The van der Waals surface area contributed by atoms with E-state index in [2.05, 4.69) is 10.6 Å². The molecule has 0 bridgehead atoms. The van der Waals surface area contributed by atoms with Crippen LogP contribution in [0.4, 0.5) is 15.8 Å². The summed E-state index contributed by atoms with van der Waals surface area (Å²) in [5.74, 6) is -1.34. The molecule has 2 aromatic rings. The molecule has 1 unspecified atom stereocenters.